The van der Waals surface area contributed by atoms with Gasteiger partial charge in [0.1, 0.15) is 7.34 Å². The van der Waals surface area contributed by atoms with Crippen LogP contribution in [0.2, 0.25) is 26.2 Å². The first-order valence-electron chi connectivity index (χ1n) is 4.11. The summed E-state index contributed by atoms with van der Waals surface area (Å²) >= 11 is 9.94. The zero-order chi connectivity index (χ0) is 11.6. The van der Waals surface area contributed by atoms with E-state index in [4.69, 9.17) is 0 Å². The summed E-state index contributed by atoms with van der Waals surface area (Å²) in [4.78, 5) is 0. The highest BCUT2D eigenvalue weighted by Gasteiger charge is 2.29. The van der Waals surface area contributed by atoms with Gasteiger partial charge in [0.05, 0.1) is 0 Å². The van der Waals surface area contributed by atoms with Gasteiger partial charge in [-0.15, -0.1) is 43.6 Å². The van der Waals surface area contributed by atoms with E-state index in [0.29, 0.717) is 7.34 Å². The Kier molecular flexibility index (Phi) is 8.20. The lowest BCUT2D eigenvalue weighted by atomic mass is 11.4. The third-order valence-corrected chi connectivity index (χ3v) is 24.4. The average Bonchev–Trinajstić information content (AvgIpc) is 1.95. The van der Waals surface area contributed by atoms with Crippen LogP contribution in [0.4, 0.5) is 0 Å². The van der Waals surface area contributed by atoms with E-state index in [9.17, 15) is 0 Å². The van der Waals surface area contributed by atoms with Gasteiger partial charge in [-0.2, -0.15) is 10.2 Å². The van der Waals surface area contributed by atoms with Gasteiger partial charge in [-0.05, 0) is 0 Å². The molecule has 0 N–H and O–H groups in total. The van der Waals surface area contributed by atoms with Gasteiger partial charge in [0, 0.05) is 0 Å². The molecule has 0 fully saturated rings. The predicted molar refractivity (Wildman–Crippen MR) is 103 cm³/mol. The molecule has 0 amide bonds. The molecular formula is C6H14I4N2Si2. The SMILES string of the molecule is C[Si](C)(I)C(I)/N=N/C(I)[Si](C)(C)I. The highest BCUT2D eigenvalue weighted by Crippen LogP contribution is 2.28. The Labute approximate surface area is 141 Å². The fourth-order valence-corrected chi connectivity index (χ4v) is 2.11. The molecule has 8 heteroatoms. The maximum atomic E-state index is 4.45. The van der Waals surface area contributed by atoms with Gasteiger partial charge < -0.3 is 0 Å². The molecule has 2 nitrogen and oxygen atoms in total. The second-order valence-corrected chi connectivity index (χ2v) is 32.8. The van der Waals surface area contributed by atoms with Gasteiger partial charge in [-0.25, -0.2) is 0 Å². The number of alkyl halides is 2. The van der Waals surface area contributed by atoms with Crippen LogP contribution in [-0.4, -0.2) is 18.5 Å². The molecule has 0 saturated carbocycles. The molecule has 2 atom stereocenters. The summed E-state index contributed by atoms with van der Waals surface area (Å²) in [5.74, 6) is 0. The second kappa shape index (κ2) is 6.77. The molecule has 0 saturated heterocycles. The van der Waals surface area contributed by atoms with E-state index >= 15 is 0 Å². The van der Waals surface area contributed by atoms with Crippen LogP contribution in [0.15, 0.2) is 10.2 Å². The third-order valence-electron chi connectivity index (χ3n) is 1.40. The number of rotatable bonds is 4. The van der Waals surface area contributed by atoms with E-state index in [0.717, 1.165) is 0 Å². The molecule has 0 aliphatic carbocycles. The van der Waals surface area contributed by atoms with Crippen molar-refractivity contribution in [3.8, 4) is 0 Å². The van der Waals surface area contributed by atoms with Gasteiger partial charge >= 0.3 is 0 Å². The largest absolute Gasteiger partial charge is 0.182 e. The van der Waals surface area contributed by atoms with Crippen LogP contribution in [0, 0.1) is 0 Å². The summed E-state index contributed by atoms with van der Waals surface area (Å²) in [5, 5.41) is 8.90. The van der Waals surface area contributed by atoms with E-state index in [1.165, 1.54) is 0 Å². The molecule has 0 radical (unpaired) electrons. The fraction of sp³-hybridized carbons (Fsp3) is 1.00. The molecule has 0 bridgehead atoms. The van der Waals surface area contributed by atoms with Crippen molar-refractivity contribution >= 4 is 99.9 Å². The topological polar surface area (TPSA) is 24.7 Å². The molecule has 0 aliphatic heterocycles. The molecule has 0 rings (SSSR count). The predicted octanol–water partition coefficient (Wildman–Crippen LogP) is 5.32. The van der Waals surface area contributed by atoms with E-state index < -0.39 is 11.1 Å². The highest BCUT2D eigenvalue weighted by molar-refractivity contribution is 14.1. The molecule has 0 aliphatic rings. The molecule has 14 heavy (non-hydrogen) atoms. The van der Waals surface area contributed by atoms with Crippen LogP contribution in [-0.2, 0) is 0 Å². The summed E-state index contributed by atoms with van der Waals surface area (Å²) in [6, 6.07) is 0. The standard InChI is InChI=1S/C6H14I4N2Si2/c1-13(2,9)5(7)11-12-6(8)14(3,4)10/h5-6H,1-4H3/b12-11+. The molecule has 0 spiro atoms. The number of hydrogen-bond donors (Lipinski definition) is 0. The quantitative estimate of drug-likeness (QED) is 0.0962. The molecular weight excluding hydrogens is 664 g/mol. The Morgan fingerprint density at radius 2 is 1.00 bits per heavy atom. The van der Waals surface area contributed by atoms with Crippen LogP contribution < -0.4 is 0 Å². The van der Waals surface area contributed by atoms with Crippen LogP contribution in [0.1, 0.15) is 0 Å². The van der Waals surface area contributed by atoms with E-state index in [-0.39, 0.29) is 0 Å². The van der Waals surface area contributed by atoms with Crippen molar-refractivity contribution in [2.45, 2.75) is 33.5 Å². The van der Waals surface area contributed by atoms with E-state index in [2.05, 4.69) is 125 Å². The van der Waals surface area contributed by atoms with Crippen molar-refractivity contribution in [3.05, 3.63) is 0 Å². The first-order chi connectivity index (χ1) is 6.05. The van der Waals surface area contributed by atoms with E-state index in [1.807, 2.05) is 0 Å². The zero-order valence-corrected chi connectivity index (χ0v) is 19.2. The molecule has 0 aromatic carbocycles. The van der Waals surface area contributed by atoms with Crippen LogP contribution >= 0.6 is 88.8 Å². The highest BCUT2D eigenvalue weighted by atomic mass is 127. The smallest absolute Gasteiger partial charge is 0.160 e. The lowest BCUT2D eigenvalue weighted by Crippen LogP contribution is -2.30. The van der Waals surface area contributed by atoms with Crippen LogP contribution in [0.5, 0.6) is 0 Å². The lowest BCUT2D eigenvalue weighted by molar-refractivity contribution is 0.995. The van der Waals surface area contributed by atoms with Crippen molar-refractivity contribution in [2.75, 3.05) is 0 Å². The maximum Gasteiger partial charge on any atom is 0.160 e. The number of azo groups is 1. The number of hydrogen-bond acceptors (Lipinski definition) is 2. The van der Waals surface area contributed by atoms with Gasteiger partial charge in [0.2, 0.25) is 0 Å². The number of halogens is 4. The van der Waals surface area contributed by atoms with Gasteiger partial charge in [-0.3, -0.25) is 0 Å². The van der Waals surface area contributed by atoms with Gasteiger partial charge in [0.25, 0.3) is 0 Å². The maximum absolute atomic E-state index is 4.45. The minimum absolute atomic E-state index is 0.394. The molecule has 2 unspecified atom stereocenters. The van der Waals surface area contributed by atoms with Crippen molar-refractivity contribution in [2.24, 2.45) is 10.2 Å². The van der Waals surface area contributed by atoms with Crippen molar-refractivity contribution in [1.82, 2.24) is 0 Å². The molecule has 0 aromatic heterocycles. The van der Waals surface area contributed by atoms with Crippen LogP contribution in [0.25, 0.3) is 0 Å². The van der Waals surface area contributed by atoms with Crippen molar-refractivity contribution in [1.29, 1.82) is 0 Å². The first kappa shape index (κ1) is 17.0. The monoisotopic (exact) mass is 678 g/mol. The normalized spacial score (nSPS) is 18.6. The van der Waals surface area contributed by atoms with Gasteiger partial charge in [0.15, 0.2) is 11.1 Å². The second-order valence-electron chi connectivity index (χ2n) is 4.03. The lowest BCUT2D eigenvalue weighted by Gasteiger charge is -2.19. The Morgan fingerprint density at radius 3 is 1.14 bits per heavy atom. The Hall–Kier alpha value is 2.95. The van der Waals surface area contributed by atoms with E-state index in [1.54, 1.807) is 0 Å². The fourth-order valence-electron chi connectivity index (χ4n) is 0.392. The van der Waals surface area contributed by atoms with Crippen molar-refractivity contribution in [3.63, 3.8) is 0 Å². The Balaban J connectivity index is 4.32. The summed E-state index contributed by atoms with van der Waals surface area (Å²) in [6.07, 6.45) is 0. The minimum Gasteiger partial charge on any atom is -0.182 e. The van der Waals surface area contributed by atoms with Crippen molar-refractivity contribution < 1.29 is 0 Å². The van der Waals surface area contributed by atoms with Crippen LogP contribution in [0.3, 0.4) is 0 Å². The first-order valence-corrected chi connectivity index (χ1v) is 19.0. The van der Waals surface area contributed by atoms with Gasteiger partial charge in [-0.1, -0.05) is 71.4 Å². The summed E-state index contributed by atoms with van der Waals surface area (Å²) in [6.45, 7) is 9.27. The minimum atomic E-state index is -1.18. The average molecular weight is 678 g/mol. The summed E-state index contributed by atoms with van der Waals surface area (Å²) in [7, 11) is 0. The molecule has 84 valence electrons. The zero-order valence-electron chi connectivity index (χ0n) is 8.56. The molecule has 0 heterocycles. The third kappa shape index (κ3) is 7.31. The Bertz CT molecular complexity index is 189. The summed E-state index contributed by atoms with van der Waals surface area (Å²) < 4.78 is 0.788. The Morgan fingerprint density at radius 1 is 0.786 bits per heavy atom. The number of nitrogens with zero attached hydrogens (tertiary/aromatic N) is 2. The summed E-state index contributed by atoms with van der Waals surface area (Å²) in [5.41, 5.74) is -2.36. The molecule has 0 aromatic rings.